The van der Waals surface area contributed by atoms with Crippen LogP contribution in [-0.4, -0.2) is 48.8 Å². The van der Waals surface area contributed by atoms with Crippen molar-refractivity contribution in [1.29, 1.82) is 0 Å². The summed E-state index contributed by atoms with van der Waals surface area (Å²) < 4.78 is 0. The molecule has 0 fully saturated rings. The molecule has 0 aliphatic carbocycles. The molecule has 0 saturated carbocycles. The van der Waals surface area contributed by atoms with Gasteiger partial charge in [-0.3, -0.25) is 4.90 Å². The predicted octanol–water partition coefficient (Wildman–Crippen LogP) is 1.71. The highest BCUT2D eigenvalue weighted by Crippen LogP contribution is 2.22. The van der Waals surface area contributed by atoms with Crippen molar-refractivity contribution in [1.82, 2.24) is 10.2 Å². The van der Waals surface area contributed by atoms with Crippen LogP contribution in [0.4, 0.5) is 0 Å². The Labute approximate surface area is 101 Å². The Balaban J connectivity index is 4.23. The molecule has 0 aromatic rings. The summed E-state index contributed by atoms with van der Waals surface area (Å²) in [6.45, 7) is 12.1. The molecule has 1 atom stereocenters. The first-order chi connectivity index (χ1) is 7.15. The Morgan fingerprint density at radius 1 is 1.19 bits per heavy atom. The largest absolute Gasteiger partial charge is 0.394 e. The van der Waals surface area contributed by atoms with Crippen LogP contribution in [0.5, 0.6) is 0 Å². The zero-order valence-electron chi connectivity index (χ0n) is 12.1. The number of rotatable bonds is 6. The average molecular weight is 230 g/mol. The molecule has 0 saturated heterocycles. The molecule has 3 heteroatoms. The van der Waals surface area contributed by atoms with Gasteiger partial charge in [0.15, 0.2) is 0 Å². The lowest BCUT2D eigenvalue weighted by Crippen LogP contribution is -2.47. The lowest BCUT2D eigenvalue weighted by Gasteiger charge is -2.37. The van der Waals surface area contributed by atoms with Gasteiger partial charge in [0.2, 0.25) is 0 Å². The zero-order valence-corrected chi connectivity index (χ0v) is 12.1. The third-order valence-electron chi connectivity index (χ3n) is 3.57. The van der Waals surface area contributed by atoms with Crippen LogP contribution in [0, 0.1) is 5.41 Å². The second-order valence-electron chi connectivity index (χ2n) is 6.39. The summed E-state index contributed by atoms with van der Waals surface area (Å²) in [5.74, 6) is 0. The van der Waals surface area contributed by atoms with E-state index in [4.69, 9.17) is 0 Å². The maximum Gasteiger partial charge on any atom is 0.0609 e. The molecule has 2 N–H and O–H groups in total. The fourth-order valence-electron chi connectivity index (χ4n) is 1.76. The number of nitrogens with one attached hydrogen (secondary N) is 1. The van der Waals surface area contributed by atoms with Gasteiger partial charge in [-0.1, -0.05) is 20.8 Å². The van der Waals surface area contributed by atoms with E-state index in [0.717, 1.165) is 13.0 Å². The van der Waals surface area contributed by atoms with E-state index < -0.39 is 0 Å². The Bertz CT molecular complexity index is 197. The normalized spacial score (nSPS) is 15.6. The molecule has 0 aliphatic rings. The molecule has 0 bridgehead atoms. The minimum atomic E-state index is -0.129. The Kier molecular flexibility index (Phi) is 5.94. The molecule has 0 amide bonds. The summed E-state index contributed by atoms with van der Waals surface area (Å²) in [5.41, 5.74) is 0.148. The smallest absolute Gasteiger partial charge is 0.0609 e. The van der Waals surface area contributed by atoms with Crippen molar-refractivity contribution in [3.05, 3.63) is 0 Å². The van der Waals surface area contributed by atoms with Gasteiger partial charge < -0.3 is 10.4 Å². The van der Waals surface area contributed by atoms with Gasteiger partial charge in [0, 0.05) is 11.6 Å². The first kappa shape index (κ1) is 15.9. The molecule has 98 valence electrons. The van der Waals surface area contributed by atoms with E-state index in [2.05, 4.69) is 51.9 Å². The van der Waals surface area contributed by atoms with Crippen molar-refractivity contribution in [2.45, 2.75) is 52.6 Å². The van der Waals surface area contributed by atoms with E-state index in [1.165, 1.54) is 0 Å². The van der Waals surface area contributed by atoms with E-state index in [1.807, 2.05) is 7.05 Å². The molecular weight excluding hydrogens is 200 g/mol. The molecule has 3 nitrogen and oxygen atoms in total. The van der Waals surface area contributed by atoms with Crippen molar-refractivity contribution in [3.63, 3.8) is 0 Å². The Hall–Kier alpha value is -0.120. The number of aliphatic hydroxyl groups excluding tert-OH is 1. The van der Waals surface area contributed by atoms with Crippen molar-refractivity contribution in [3.8, 4) is 0 Å². The monoisotopic (exact) mass is 230 g/mol. The number of hydrogen-bond acceptors (Lipinski definition) is 3. The molecule has 16 heavy (non-hydrogen) atoms. The topological polar surface area (TPSA) is 35.5 Å². The van der Waals surface area contributed by atoms with Gasteiger partial charge in [-0.2, -0.15) is 0 Å². The van der Waals surface area contributed by atoms with Crippen LogP contribution >= 0.6 is 0 Å². The van der Waals surface area contributed by atoms with Crippen LogP contribution in [-0.2, 0) is 0 Å². The van der Waals surface area contributed by atoms with Gasteiger partial charge in [-0.15, -0.1) is 0 Å². The van der Waals surface area contributed by atoms with E-state index in [1.54, 1.807) is 0 Å². The van der Waals surface area contributed by atoms with Gasteiger partial charge in [0.05, 0.1) is 6.61 Å². The third kappa shape index (κ3) is 4.81. The highest BCUT2D eigenvalue weighted by atomic mass is 16.3. The van der Waals surface area contributed by atoms with Crippen molar-refractivity contribution >= 4 is 0 Å². The van der Waals surface area contributed by atoms with Crippen LogP contribution in [0.2, 0.25) is 0 Å². The van der Waals surface area contributed by atoms with Crippen LogP contribution in [0.1, 0.15) is 41.0 Å². The molecule has 0 aliphatic heterocycles. The molecular formula is C13H30N2O. The Morgan fingerprint density at radius 2 is 1.69 bits per heavy atom. The molecule has 0 aromatic heterocycles. The van der Waals surface area contributed by atoms with E-state index in [0.29, 0.717) is 6.04 Å². The summed E-state index contributed by atoms with van der Waals surface area (Å²) in [5, 5.41) is 12.7. The van der Waals surface area contributed by atoms with Crippen LogP contribution in [0.3, 0.4) is 0 Å². The second kappa shape index (κ2) is 5.99. The number of aliphatic hydroxyl groups is 1. The molecule has 0 spiro atoms. The standard InChI is InChI=1S/C13H30N2O/c1-12(2,3)11(14-6)8-9-15(7)13(4,5)10-16/h11,14,16H,8-10H2,1-7H3. The maximum atomic E-state index is 9.29. The van der Waals surface area contributed by atoms with Crippen LogP contribution in [0.25, 0.3) is 0 Å². The SMILES string of the molecule is CNC(CCN(C)C(C)(C)CO)C(C)(C)C. The fraction of sp³-hybridized carbons (Fsp3) is 1.00. The first-order valence-electron chi connectivity index (χ1n) is 6.14. The van der Waals surface area contributed by atoms with Crippen molar-refractivity contribution in [2.24, 2.45) is 5.41 Å². The minimum Gasteiger partial charge on any atom is -0.394 e. The quantitative estimate of drug-likeness (QED) is 0.729. The van der Waals surface area contributed by atoms with E-state index in [-0.39, 0.29) is 17.6 Å². The summed E-state index contributed by atoms with van der Waals surface area (Å²) in [7, 11) is 4.10. The van der Waals surface area contributed by atoms with Gasteiger partial charge in [0.25, 0.3) is 0 Å². The average Bonchev–Trinajstić information content (AvgIpc) is 2.16. The minimum absolute atomic E-state index is 0.129. The van der Waals surface area contributed by atoms with Crippen molar-refractivity contribution < 1.29 is 5.11 Å². The molecule has 1 unspecified atom stereocenters. The number of likely N-dealkylation sites (N-methyl/N-ethyl adjacent to an activating group) is 1. The predicted molar refractivity (Wildman–Crippen MR) is 70.7 cm³/mol. The van der Waals surface area contributed by atoms with Crippen LogP contribution in [0.15, 0.2) is 0 Å². The summed E-state index contributed by atoms with van der Waals surface area (Å²) >= 11 is 0. The van der Waals surface area contributed by atoms with Gasteiger partial charge in [0.1, 0.15) is 0 Å². The van der Waals surface area contributed by atoms with Crippen molar-refractivity contribution in [2.75, 3.05) is 27.2 Å². The van der Waals surface area contributed by atoms with E-state index in [9.17, 15) is 5.11 Å². The second-order valence-corrected chi connectivity index (χ2v) is 6.39. The summed E-state index contributed by atoms with van der Waals surface area (Å²) in [6, 6.07) is 0.504. The third-order valence-corrected chi connectivity index (χ3v) is 3.57. The lowest BCUT2D eigenvalue weighted by atomic mass is 9.84. The van der Waals surface area contributed by atoms with Gasteiger partial charge in [-0.25, -0.2) is 0 Å². The number of nitrogens with zero attached hydrogens (tertiary/aromatic N) is 1. The molecule has 0 radical (unpaired) electrons. The van der Waals surface area contributed by atoms with Crippen LogP contribution < -0.4 is 5.32 Å². The number of hydrogen-bond donors (Lipinski definition) is 2. The van der Waals surface area contributed by atoms with E-state index >= 15 is 0 Å². The highest BCUT2D eigenvalue weighted by Gasteiger charge is 2.26. The highest BCUT2D eigenvalue weighted by molar-refractivity contribution is 4.83. The zero-order chi connectivity index (χ0) is 13.0. The Morgan fingerprint density at radius 3 is 2.00 bits per heavy atom. The van der Waals surface area contributed by atoms with Gasteiger partial charge >= 0.3 is 0 Å². The molecule has 0 aromatic carbocycles. The molecule has 0 rings (SSSR count). The van der Waals surface area contributed by atoms with Gasteiger partial charge in [-0.05, 0) is 46.3 Å². The summed E-state index contributed by atoms with van der Waals surface area (Å²) in [6.07, 6.45) is 1.10. The summed E-state index contributed by atoms with van der Waals surface area (Å²) in [4.78, 5) is 2.23. The first-order valence-corrected chi connectivity index (χ1v) is 6.14. The fourth-order valence-corrected chi connectivity index (χ4v) is 1.76. The lowest BCUT2D eigenvalue weighted by molar-refractivity contribution is 0.0717. The molecule has 0 heterocycles. The maximum absolute atomic E-state index is 9.29.